The van der Waals surface area contributed by atoms with Crippen molar-refractivity contribution in [1.29, 1.82) is 0 Å². The first-order valence-electron chi connectivity index (χ1n) is 21.4. The molecule has 1 aliphatic rings. The van der Waals surface area contributed by atoms with Gasteiger partial charge in [0.2, 0.25) is 0 Å². The molecule has 1 nitrogen and oxygen atoms in total. The lowest BCUT2D eigenvalue weighted by Crippen LogP contribution is -2.04. The molecule has 0 fully saturated rings. The molecule has 0 heterocycles. The third-order valence-electron chi connectivity index (χ3n) is 12.0. The number of hydrogen-bond donors (Lipinski definition) is 0. The van der Waals surface area contributed by atoms with Gasteiger partial charge in [-0.2, -0.15) is 0 Å². The molecule has 9 aromatic carbocycles. The van der Waals surface area contributed by atoms with E-state index < -0.39 is 0 Å². The average Bonchev–Trinajstić information content (AvgIpc) is 3.37. The fourth-order valence-corrected chi connectivity index (χ4v) is 8.60. The molecule has 9 aromatic rings. The van der Waals surface area contributed by atoms with Crippen LogP contribution in [0.15, 0.2) is 243 Å². The smallest absolute Gasteiger partial charge is 0.193 e. The summed E-state index contributed by atoms with van der Waals surface area (Å²) >= 11 is 0. The van der Waals surface area contributed by atoms with Crippen LogP contribution in [0.2, 0.25) is 0 Å². The molecule has 0 saturated heterocycles. The molecule has 62 heavy (non-hydrogen) atoms. The van der Waals surface area contributed by atoms with E-state index in [1.165, 1.54) is 33.4 Å². The second-order valence-corrected chi connectivity index (χ2v) is 16.0. The van der Waals surface area contributed by atoms with Crippen LogP contribution in [0.25, 0.3) is 77.9 Å². The van der Waals surface area contributed by atoms with Crippen molar-refractivity contribution in [2.75, 3.05) is 0 Å². The Morgan fingerprint density at radius 1 is 0.242 bits per heavy atom. The molecule has 0 radical (unpaired) electrons. The van der Waals surface area contributed by atoms with Crippen LogP contribution in [-0.4, -0.2) is 5.78 Å². The van der Waals surface area contributed by atoms with Gasteiger partial charge in [-0.05, 0) is 138 Å². The first kappa shape index (κ1) is 38.3. The maximum atomic E-state index is 15.2. The summed E-state index contributed by atoms with van der Waals surface area (Å²) in [4.78, 5) is 15.2. The number of allylic oxidation sites excluding steroid dienone is 4. The maximum Gasteiger partial charge on any atom is 0.193 e. The zero-order valence-electron chi connectivity index (χ0n) is 34.4. The SMILES string of the molecule is O=C(c1cc(C2=CC=C(c3ccccc3)CC2)cc(-c2ccc(-c3ccccc3)cc2)c1)c1cc(-c2ccc(-c3ccccc3)cc2)cc(-c2ccc(-c3ccccc3)cc2)c1. The number of hydrogen-bond acceptors (Lipinski definition) is 1. The minimum Gasteiger partial charge on any atom is -0.289 e. The van der Waals surface area contributed by atoms with Crippen molar-refractivity contribution < 1.29 is 4.79 Å². The van der Waals surface area contributed by atoms with Gasteiger partial charge in [0, 0.05) is 11.1 Å². The Labute approximate surface area is 364 Å². The van der Waals surface area contributed by atoms with Gasteiger partial charge in [0.15, 0.2) is 5.78 Å². The van der Waals surface area contributed by atoms with Crippen molar-refractivity contribution in [1.82, 2.24) is 0 Å². The zero-order valence-corrected chi connectivity index (χ0v) is 34.4. The fraction of sp³-hybridized carbons (Fsp3) is 0.0328. The second-order valence-electron chi connectivity index (χ2n) is 16.0. The predicted octanol–water partition coefficient (Wildman–Crippen LogP) is 16.2. The molecular formula is C61H44O. The minimum atomic E-state index is -0.00385. The average molecular weight is 793 g/mol. The lowest BCUT2D eigenvalue weighted by molar-refractivity contribution is 0.103. The summed E-state index contributed by atoms with van der Waals surface area (Å²) in [6, 6.07) is 80.8. The van der Waals surface area contributed by atoms with E-state index in [0.717, 1.165) is 68.5 Å². The molecule has 0 bridgehead atoms. The molecule has 294 valence electrons. The zero-order chi connectivity index (χ0) is 41.7. The highest BCUT2D eigenvalue weighted by Gasteiger charge is 2.19. The summed E-state index contributed by atoms with van der Waals surface area (Å²) in [6.07, 6.45) is 6.32. The van der Waals surface area contributed by atoms with Crippen molar-refractivity contribution in [2.45, 2.75) is 12.8 Å². The van der Waals surface area contributed by atoms with Crippen molar-refractivity contribution in [2.24, 2.45) is 0 Å². The Bertz CT molecular complexity index is 2950. The molecule has 0 saturated carbocycles. The van der Waals surface area contributed by atoms with E-state index in [0.29, 0.717) is 11.1 Å². The van der Waals surface area contributed by atoms with Crippen LogP contribution >= 0.6 is 0 Å². The van der Waals surface area contributed by atoms with Crippen LogP contribution in [-0.2, 0) is 0 Å². The number of carbonyl (C=O) groups excluding carboxylic acids is 1. The van der Waals surface area contributed by atoms with Gasteiger partial charge in [0.05, 0.1) is 0 Å². The summed E-state index contributed by atoms with van der Waals surface area (Å²) in [7, 11) is 0. The van der Waals surface area contributed by atoms with Crippen LogP contribution in [0.4, 0.5) is 0 Å². The van der Waals surface area contributed by atoms with E-state index in [9.17, 15) is 0 Å². The number of rotatable bonds is 10. The predicted molar refractivity (Wildman–Crippen MR) is 261 cm³/mol. The van der Waals surface area contributed by atoms with Crippen LogP contribution in [0.3, 0.4) is 0 Å². The van der Waals surface area contributed by atoms with Crippen molar-refractivity contribution in [3.63, 3.8) is 0 Å². The second kappa shape index (κ2) is 17.4. The fourth-order valence-electron chi connectivity index (χ4n) is 8.60. The highest BCUT2D eigenvalue weighted by Crippen LogP contribution is 2.37. The van der Waals surface area contributed by atoms with Gasteiger partial charge in [-0.3, -0.25) is 4.79 Å². The molecule has 1 heteroatoms. The summed E-state index contributed by atoms with van der Waals surface area (Å²) in [6.45, 7) is 0. The van der Waals surface area contributed by atoms with Crippen LogP contribution < -0.4 is 0 Å². The van der Waals surface area contributed by atoms with Gasteiger partial charge in [-0.25, -0.2) is 0 Å². The van der Waals surface area contributed by atoms with E-state index in [4.69, 9.17) is 0 Å². The monoisotopic (exact) mass is 792 g/mol. The maximum absolute atomic E-state index is 15.2. The Morgan fingerprint density at radius 2 is 0.484 bits per heavy atom. The van der Waals surface area contributed by atoms with E-state index >= 15 is 4.79 Å². The van der Waals surface area contributed by atoms with Crippen molar-refractivity contribution in [3.05, 3.63) is 265 Å². The molecule has 0 amide bonds. The van der Waals surface area contributed by atoms with Crippen molar-refractivity contribution in [3.8, 4) is 66.8 Å². The lowest BCUT2D eigenvalue weighted by Gasteiger charge is -2.18. The first-order valence-corrected chi connectivity index (χ1v) is 21.4. The Hall–Kier alpha value is -7.87. The standard InChI is InChI=1S/C61H44O/c62-61(59-39-55(51-29-21-47(22-30-51)43-13-5-1-6-14-43)37-56(40-59)52-31-23-48(24-32-52)44-15-7-2-8-16-44)60-41-57(53-33-25-49(26-34-53)45-17-9-3-10-18-45)38-58(42-60)54-35-27-50(28-36-54)46-19-11-4-12-20-46/h1-27,29-35,37-42H,28,36H2. The molecule has 0 spiro atoms. The molecule has 0 aromatic heterocycles. The minimum absolute atomic E-state index is 0.00385. The van der Waals surface area contributed by atoms with Crippen LogP contribution in [0, 0.1) is 0 Å². The molecule has 1 aliphatic carbocycles. The van der Waals surface area contributed by atoms with E-state index in [1.807, 2.05) is 18.2 Å². The van der Waals surface area contributed by atoms with Gasteiger partial charge in [0.1, 0.15) is 0 Å². The molecule has 0 atom stereocenters. The molecule has 10 rings (SSSR count). The highest BCUT2D eigenvalue weighted by atomic mass is 16.1. The summed E-state index contributed by atoms with van der Waals surface area (Å²) < 4.78 is 0. The molecule has 0 unspecified atom stereocenters. The van der Waals surface area contributed by atoms with E-state index in [2.05, 4.69) is 224 Å². The number of ketones is 1. The number of carbonyl (C=O) groups is 1. The first-order chi connectivity index (χ1) is 30.6. The van der Waals surface area contributed by atoms with Crippen LogP contribution in [0.1, 0.15) is 39.9 Å². The Kier molecular flexibility index (Phi) is 10.8. The lowest BCUT2D eigenvalue weighted by atomic mass is 9.86. The highest BCUT2D eigenvalue weighted by molar-refractivity contribution is 6.11. The summed E-state index contributed by atoms with van der Waals surface area (Å²) in [5, 5.41) is 0. The summed E-state index contributed by atoms with van der Waals surface area (Å²) in [5.74, 6) is -0.00385. The molecular weight excluding hydrogens is 749 g/mol. The van der Waals surface area contributed by atoms with E-state index in [-0.39, 0.29) is 5.78 Å². The van der Waals surface area contributed by atoms with Gasteiger partial charge < -0.3 is 0 Å². The molecule has 0 N–H and O–H groups in total. The largest absolute Gasteiger partial charge is 0.289 e. The van der Waals surface area contributed by atoms with Crippen LogP contribution in [0.5, 0.6) is 0 Å². The normalized spacial score (nSPS) is 12.3. The number of benzene rings is 9. The third kappa shape index (κ3) is 8.30. The quantitative estimate of drug-likeness (QED) is 0.126. The Morgan fingerprint density at radius 3 is 0.806 bits per heavy atom. The van der Waals surface area contributed by atoms with Gasteiger partial charge >= 0.3 is 0 Å². The van der Waals surface area contributed by atoms with Gasteiger partial charge in [-0.15, -0.1) is 0 Å². The van der Waals surface area contributed by atoms with Gasteiger partial charge in [0.25, 0.3) is 0 Å². The topological polar surface area (TPSA) is 17.1 Å². The molecule has 0 aliphatic heterocycles. The summed E-state index contributed by atoms with van der Waals surface area (Å²) in [5.41, 5.74) is 19.4. The third-order valence-corrected chi connectivity index (χ3v) is 12.0. The van der Waals surface area contributed by atoms with Gasteiger partial charge in [-0.1, -0.05) is 206 Å². The van der Waals surface area contributed by atoms with Crippen molar-refractivity contribution >= 4 is 16.9 Å². The van der Waals surface area contributed by atoms with E-state index in [1.54, 1.807) is 0 Å². The Balaban J connectivity index is 1.07.